The standard InChI is InChI=1S/C14H13BrClNO/c15-11-4-5-13(17-9-11)8-14(18)7-10-2-1-3-12(16)6-10/h1-6,9,14,18H,7-8H2. The van der Waals surface area contributed by atoms with E-state index < -0.39 is 6.10 Å². The molecule has 0 radical (unpaired) electrons. The van der Waals surface area contributed by atoms with Crippen LogP contribution in [0, 0.1) is 0 Å². The van der Waals surface area contributed by atoms with Crippen LogP contribution >= 0.6 is 27.5 Å². The second-order valence-electron chi connectivity index (χ2n) is 4.16. The third kappa shape index (κ3) is 4.09. The van der Waals surface area contributed by atoms with Gasteiger partial charge in [-0.25, -0.2) is 0 Å². The Morgan fingerprint density at radius 1 is 1.22 bits per heavy atom. The fourth-order valence-electron chi connectivity index (χ4n) is 1.78. The first-order valence-corrected chi connectivity index (χ1v) is 6.83. The van der Waals surface area contributed by atoms with Crippen LogP contribution in [0.3, 0.4) is 0 Å². The van der Waals surface area contributed by atoms with E-state index in [9.17, 15) is 5.11 Å². The number of pyridine rings is 1. The molecule has 0 bridgehead atoms. The number of aliphatic hydroxyl groups excluding tert-OH is 1. The SMILES string of the molecule is OC(Cc1cccc(Cl)c1)Cc1ccc(Br)cn1. The van der Waals surface area contributed by atoms with Gasteiger partial charge in [-0.2, -0.15) is 0 Å². The van der Waals surface area contributed by atoms with E-state index in [4.69, 9.17) is 11.6 Å². The molecule has 1 heterocycles. The van der Waals surface area contributed by atoms with E-state index in [-0.39, 0.29) is 0 Å². The lowest BCUT2D eigenvalue weighted by molar-refractivity contribution is 0.174. The number of aromatic nitrogens is 1. The molecule has 2 nitrogen and oxygen atoms in total. The zero-order chi connectivity index (χ0) is 13.0. The monoisotopic (exact) mass is 325 g/mol. The molecule has 0 saturated carbocycles. The number of aliphatic hydroxyl groups is 1. The van der Waals surface area contributed by atoms with Crippen molar-refractivity contribution in [3.8, 4) is 0 Å². The van der Waals surface area contributed by atoms with Crippen LogP contribution in [0.25, 0.3) is 0 Å². The highest BCUT2D eigenvalue weighted by atomic mass is 79.9. The lowest BCUT2D eigenvalue weighted by Crippen LogP contribution is -2.14. The zero-order valence-corrected chi connectivity index (χ0v) is 12.0. The molecular formula is C14H13BrClNO. The summed E-state index contributed by atoms with van der Waals surface area (Å²) in [5, 5.41) is 10.7. The fourth-order valence-corrected chi connectivity index (χ4v) is 2.22. The molecule has 1 aromatic heterocycles. The van der Waals surface area contributed by atoms with Gasteiger partial charge in [0.1, 0.15) is 0 Å². The molecule has 0 aliphatic carbocycles. The van der Waals surface area contributed by atoms with Gasteiger partial charge in [-0.05, 0) is 52.2 Å². The molecule has 2 aromatic rings. The lowest BCUT2D eigenvalue weighted by atomic mass is 10.0. The Kier molecular flexibility index (Phi) is 4.75. The minimum absolute atomic E-state index is 0.447. The van der Waals surface area contributed by atoms with E-state index >= 15 is 0 Å². The maximum atomic E-state index is 10.0. The zero-order valence-electron chi connectivity index (χ0n) is 9.68. The highest BCUT2D eigenvalue weighted by molar-refractivity contribution is 9.10. The molecule has 1 N–H and O–H groups in total. The summed E-state index contributed by atoms with van der Waals surface area (Å²) in [7, 11) is 0. The van der Waals surface area contributed by atoms with Gasteiger partial charge in [0.15, 0.2) is 0 Å². The van der Waals surface area contributed by atoms with Gasteiger partial charge in [-0.15, -0.1) is 0 Å². The molecule has 1 atom stereocenters. The van der Waals surface area contributed by atoms with Gasteiger partial charge in [0.2, 0.25) is 0 Å². The average Bonchev–Trinajstić information content (AvgIpc) is 2.32. The molecule has 2 rings (SSSR count). The van der Waals surface area contributed by atoms with Crippen molar-refractivity contribution >= 4 is 27.5 Å². The number of hydrogen-bond donors (Lipinski definition) is 1. The van der Waals surface area contributed by atoms with Crippen molar-refractivity contribution in [2.45, 2.75) is 18.9 Å². The van der Waals surface area contributed by atoms with Crippen LogP contribution in [-0.2, 0) is 12.8 Å². The third-order valence-electron chi connectivity index (χ3n) is 2.59. The van der Waals surface area contributed by atoms with Crippen LogP contribution < -0.4 is 0 Å². The number of hydrogen-bond acceptors (Lipinski definition) is 2. The first kappa shape index (κ1) is 13.5. The summed E-state index contributed by atoms with van der Waals surface area (Å²) in [6.07, 6.45) is 2.41. The van der Waals surface area contributed by atoms with Crippen molar-refractivity contribution in [1.29, 1.82) is 0 Å². The number of halogens is 2. The Bertz CT molecular complexity index is 515. The minimum atomic E-state index is -0.447. The Morgan fingerprint density at radius 3 is 2.72 bits per heavy atom. The highest BCUT2D eigenvalue weighted by Gasteiger charge is 2.08. The van der Waals surface area contributed by atoms with Crippen LogP contribution in [0.2, 0.25) is 5.02 Å². The molecule has 0 aliphatic heterocycles. The van der Waals surface area contributed by atoms with Crippen LogP contribution in [0.1, 0.15) is 11.3 Å². The largest absolute Gasteiger partial charge is 0.392 e. The van der Waals surface area contributed by atoms with Crippen molar-refractivity contribution in [2.24, 2.45) is 0 Å². The summed E-state index contributed by atoms with van der Waals surface area (Å²) in [5.41, 5.74) is 1.92. The van der Waals surface area contributed by atoms with Crippen LogP contribution in [-0.4, -0.2) is 16.2 Å². The van der Waals surface area contributed by atoms with Crippen molar-refractivity contribution in [2.75, 3.05) is 0 Å². The first-order valence-electron chi connectivity index (χ1n) is 5.66. The normalized spacial score (nSPS) is 12.4. The summed E-state index contributed by atoms with van der Waals surface area (Å²) in [6, 6.07) is 11.4. The Morgan fingerprint density at radius 2 is 2.06 bits per heavy atom. The van der Waals surface area contributed by atoms with Gasteiger partial charge in [0.05, 0.1) is 6.10 Å². The predicted octanol–water partition coefficient (Wildman–Crippen LogP) is 3.64. The Hall–Kier alpha value is -0.900. The van der Waals surface area contributed by atoms with Crippen LogP contribution in [0.5, 0.6) is 0 Å². The highest BCUT2D eigenvalue weighted by Crippen LogP contribution is 2.14. The molecular weight excluding hydrogens is 314 g/mol. The first-order chi connectivity index (χ1) is 8.63. The summed E-state index contributed by atoms with van der Waals surface area (Å²) in [6.45, 7) is 0. The van der Waals surface area contributed by atoms with E-state index in [1.807, 2.05) is 36.4 Å². The second kappa shape index (κ2) is 6.32. The minimum Gasteiger partial charge on any atom is -0.392 e. The summed E-state index contributed by atoms with van der Waals surface area (Å²) in [4.78, 5) is 4.24. The summed E-state index contributed by atoms with van der Waals surface area (Å²) in [5.74, 6) is 0. The average molecular weight is 327 g/mol. The third-order valence-corrected chi connectivity index (χ3v) is 3.30. The van der Waals surface area contributed by atoms with E-state index in [1.165, 1.54) is 0 Å². The molecule has 0 amide bonds. The molecule has 4 heteroatoms. The molecule has 1 unspecified atom stereocenters. The topological polar surface area (TPSA) is 33.1 Å². The van der Waals surface area contributed by atoms with Gasteiger partial charge in [0.25, 0.3) is 0 Å². The maximum Gasteiger partial charge on any atom is 0.0635 e. The predicted molar refractivity (Wildman–Crippen MR) is 76.8 cm³/mol. The van der Waals surface area contributed by atoms with E-state index in [0.717, 1.165) is 15.7 Å². The summed E-state index contributed by atoms with van der Waals surface area (Å²) >= 11 is 9.24. The van der Waals surface area contributed by atoms with E-state index in [0.29, 0.717) is 17.9 Å². The van der Waals surface area contributed by atoms with Crippen molar-refractivity contribution in [3.05, 3.63) is 63.3 Å². The number of rotatable bonds is 4. The van der Waals surface area contributed by atoms with Gasteiger partial charge in [0, 0.05) is 27.8 Å². The number of benzene rings is 1. The quantitative estimate of drug-likeness (QED) is 0.930. The van der Waals surface area contributed by atoms with Crippen LogP contribution in [0.15, 0.2) is 47.1 Å². The molecule has 94 valence electrons. The lowest BCUT2D eigenvalue weighted by Gasteiger charge is -2.10. The summed E-state index contributed by atoms with van der Waals surface area (Å²) < 4.78 is 0.940. The van der Waals surface area contributed by atoms with Crippen LogP contribution in [0.4, 0.5) is 0 Å². The molecule has 0 saturated heterocycles. The van der Waals surface area contributed by atoms with Gasteiger partial charge in [-0.1, -0.05) is 23.7 Å². The smallest absolute Gasteiger partial charge is 0.0635 e. The fraction of sp³-hybridized carbons (Fsp3) is 0.214. The van der Waals surface area contributed by atoms with Crippen molar-refractivity contribution in [3.63, 3.8) is 0 Å². The Balaban J connectivity index is 1.96. The molecule has 0 fully saturated rings. The van der Waals surface area contributed by atoms with Gasteiger partial charge in [-0.3, -0.25) is 4.98 Å². The molecule has 18 heavy (non-hydrogen) atoms. The second-order valence-corrected chi connectivity index (χ2v) is 5.51. The number of nitrogens with zero attached hydrogens (tertiary/aromatic N) is 1. The van der Waals surface area contributed by atoms with Gasteiger partial charge < -0.3 is 5.11 Å². The molecule has 1 aromatic carbocycles. The molecule has 0 spiro atoms. The molecule has 0 aliphatic rings. The van der Waals surface area contributed by atoms with Crippen molar-refractivity contribution < 1.29 is 5.11 Å². The maximum absolute atomic E-state index is 10.0. The van der Waals surface area contributed by atoms with Gasteiger partial charge >= 0.3 is 0 Å². The van der Waals surface area contributed by atoms with Crippen molar-refractivity contribution in [1.82, 2.24) is 4.98 Å². The van der Waals surface area contributed by atoms with E-state index in [2.05, 4.69) is 20.9 Å². The Labute approximate surface area is 120 Å². The van der Waals surface area contributed by atoms with E-state index in [1.54, 1.807) is 6.20 Å².